The van der Waals surface area contributed by atoms with E-state index < -0.39 is 0 Å². The minimum atomic E-state index is 0.679. The fraction of sp³-hybridized carbons (Fsp3) is 0.786. The van der Waals surface area contributed by atoms with Gasteiger partial charge in [-0.05, 0) is 38.5 Å². The standard InChI is InChI=1S/C14H23N3/c1-2-3-4-5-12-13(15)17(11-8-9-11)14(16-12)10-6-7-10/h10-11H,2-9,15H2,1H3. The van der Waals surface area contributed by atoms with Crippen molar-refractivity contribution in [3.8, 4) is 0 Å². The SMILES string of the molecule is CCCCCc1nc(C2CC2)n(C2CC2)c1N. The summed E-state index contributed by atoms with van der Waals surface area (Å²) in [4.78, 5) is 4.84. The number of hydrogen-bond donors (Lipinski definition) is 1. The van der Waals surface area contributed by atoms with Gasteiger partial charge in [0.15, 0.2) is 0 Å². The average Bonchev–Trinajstić information content (AvgIpc) is 3.20. The third-order valence-electron chi connectivity index (χ3n) is 3.92. The van der Waals surface area contributed by atoms with Crippen molar-refractivity contribution in [1.82, 2.24) is 9.55 Å². The molecule has 0 radical (unpaired) electrons. The molecule has 0 atom stereocenters. The molecule has 17 heavy (non-hydrogen) atoms. The van der Waals surface area contributed by atoms with E-state index in [9.17, 15) is 0 Å². The van der Waals surface area contributed by atoms with Gasteiger partial charge in [-0.3, -0.25) is 0 Å². The smallest absolute Gasteiger partial charge is 0.127 e. The Hall–Kier alpha value is -0.990. The van der Waals surface area contributed by atoms with Crippen LogP contribution < -0.4 is 5.73 Å². The van der Waals surface area contributed by atoms with Crippen LogP contribution in [0.4, 0.5) is 5.82 Å². The summed E-state index contributed by atoms with van der Waals surface area (Å²) in [5, 5.41) is 0. The molecule has 0 spiro atoms. The highest BCUT2D eigenvalue weighted by Crippen LogP contribution is 2.46. The number of nitrogen functional groups attached to an aromatic ring is 1. The van der Waals surface area contributed by atoms with Crippen molar-refractivity contribution < 1.29 is 0 Å². The van der Waals surface area contributed by atoms with Gasteiger partial charge in [0.2, 0.25) is 0 Å². The molecule has 1 aromatic heterocycles. The number of rotatable bonds is 6. The molecule has 0 amide bonds. The number of aromatic nitrogens is 2. The van der Waals surface area contributed by atoms with Crippen LogP contribution in [0.1, 0.15) is 75.3 Å². The van der Waals surface area contributed by atoms with Crippen molar-refractivity contribution in [2.24, 2.45) is 0 Å². The number of nitrogens with two attached hydrogens (primary N) is 1. The molecule has 3 heteroatoms. The molecular formula is C14H23N3. The van der Waals surface area contributed by atoms with Crippen molar-refractivity contribution in [2.45, 2.75) is 70.3 Å². The predicted molar refractivity (Wildman–Crippen MR) is 70.1 cm³/mol. The fourth-order valence-electron chi connectivity index (χ4n) is 2.58. The largest absolute Gasteiger partial charge is 0.384 e. The molecule has 0 unspecified atom stereocenters. The van der Waals surface area contributed by atoms with Crippen LogP contribution in [0.5, 0.6) is 0 Å². The third kappa shape index (κ3) is 2.20. The Kier molecular flexibility index (Phi) is 2.85. The summed E-state index contributed by atoms with van der Waals surface area (Å²) in [7, 11) is 0. The summed E-state index contributed by atoms with van der Waals surface area (Å²) in [6.45, 7) is 2.24. The van der Waals surface area contributed by atoms with E-state index in [4.69, 9.17) is 10.7 Å². The summed E-state index contributed by atoms with van der Waals surface area (Å²) in [6.07, 6.45) is 10.1. The van der Waals surface area contributed by atoms with E-state index >= 15 is 0 Å². The molecule has 3 nitrogen and oxygen atoms in total. The van der Waals surface area contributed by atoms with Gasteiger partial charge in [0.05, 0.1) is 5.69 Å². The molecule has 3 rings (SSSR count). The van der Waals surface area contributed by atoms with E-state index in [1.54, 1.807) is 0 Å². The maximum atomic E-state index is 6.29. The zero-order valence-corrected chi connectivity index (χ0v) is 10.8. The molecule has 1 heterocycles. The average molecular weight is 233 g/mol. The summed E-state index contributed by atoms with van der Waals surface area (Å²) >= 11 is 0. The van der Waals surface area contributed by atoms with Crippen LogP contribution in [0, 0.1) is 0 Å². The molecule has 2 aliphatic rings. The Morgan fingerprint density at radius 1 is 1.24 bits per heavy atom. The third-order valence-corrected chi connectivity index (χ3v) is 3.92. The van der Waals surface area contributed by atoms with E-state index in [0.29, 0.717) is 6.04 Å². The van der Waals surface area contributed by atoms with Gasteiger partial charge < -0.3 is 10.3 Å². The van der Waals surface area contributed by atoms with Crippen LogP contribution in [-0.4, -0.2) is 9.55 Å². The van der Waals surface area contributed by atoms with Gasteiger partial charge >= 0.3 is 0 Å². The first-order valence-corrected chi connectivity index (χ1v) is 7.17. The van der Waals surface area contributed by atoms with Gasteiger partial charge in [-0.1, -0.05) is 19.8 Å². The molecule has 0 saturated heterocycles. The van der Waals surface area contributed by atoms with Crippen molar-refractivity contribution in [3.05, 3.63) is 11.5 Å². The van der Waals surface area contributed by atoms with E-state index in [2.05, 4.69) is 11.5 Å². The topological polar surface area (TPSA) is 43.8 Å². The first-order valence-electron chi connectivity index (χ1n) is 7.17. The zero-order valence-electron chi connectivity index (χ0n) is 10.8. The van der Waals surface area contributed by atoms with Gasteiger partial charge in [-0.2, -0.15) is 0 Å². The molecular weight excluding hydrogens is 210 g/mol. The second-order valence-corrected chi connectivity index (χ2v) is 5.63. The minimum absolute atomic E-state index is 0.679. The Balaban J connectivity index is 1.80. The first kappa shape index (κ1) is 11.1. The van der Waals surface area contributed by atoms with E-state index in [1.807, 2.05) is 0 Å². The lowest BCUT2D eigenvalue weighted by Gasteiger charge is -2.07. The van der Waals surface area contributed by atoms with Crippen LogP contribution in [0.3, 0.4) is 0 Å². The summed E-state index contributed by atoms with van der Waals surface area (Å²) in [5.74, 6) is 3.00. The number of anilines is 1. The van der Waals surface area contributed by atoms with Crippen LogP contribution in [0.2, 0.25) is 0 Å². The highest BCUT2D eigenvalue weighted by atomic mass is 15.2. The second kappa shape index (κ2) is 4.35. The number of nitrogens with zero attached hydrogens (tertiary/aromatic N) is 2. The van der Waals surface area contributed by atoms with Gasteiger partial charge in [-0.25, -0.2) is 4.98 Å². The summed E-state index contributed by atoms with van der Waals surface area (Å²) < 4.78 is 2.36. The summed E-state index contributed by atoms with van der Waals surface area (Å²) in [5.41, 5.74) is 7.47. The molecule has 2 aliphatic carbocycles. The quantitative estimate of drug-likeness (QED) is 0.765. The highest BCUT2D eigenvalue weighted by Gasteiger charge is 2.36. The second-order valence-electron chi connectivity index (χ2n) is 5.63. The van der Waals surface area contributed by atoms with Gasteiger partial charge in [0.1, 0.15) is 11.6 Å². The lowest BCUT2D eigenvalue weighted by Crippen LogP contribution is -2.04. The molecule has 0 bridgehead atoms. The van der Waals surface area contributed by atoms with E-state index in [1.165, 1.54) is 56.5 Å². The lowest BCUT2D eigenvalue weighted by atomic mass is 10.1. The number of hydrogen-bond acceptors (Lipinski definition) is 2. The lowest BCUT2D eigenvalue weighted by molar-refractivity contribution is 0.691. The van der Waals surface area contributed by atoms with Gasteiger partial charge in [0, 0.05) is 12.0 Å². The molecule has 0 aliphatic heterocycles. The van der Waals surface area contributed by atoms with Crippen LogP contribution in [0.25, 0.3) is 0 Å². The number of imidazole rings is 1. The van der Waals surface area contributed by atoms with Crippen LogP contribution in [0.15, 0.2) is 0 Å². The Labute approximate surface area is 103 Å². The molecule has 0 aromatic carbocycles. The maximum Gasteiger partial charge on any atom is 0.127 e. The van der Waals surface area contributed by atoms with E-state index in [-0.39, 0.29) is 0 Å². The van der Waals surface area contributed by atoms with Crippen molar-refractivity contribution >= 4 is 5.82 Å². The fourth-order valence-corrected chi connectivity index (χ4v) is 2.58. The number of unbranched alkanes of at least 4 members (excludes halogenated alkanes) is 2. The Bertz CT molecular complexity index is 400. The molecule has 94 valence electrons. The van der Waals surface area contributed by atoms with Crippen molar-refractivity contribution in [2.75, 3.05) is 5.73 Å². The molecule has 2 saturated carbocycles. The summed E-state index contributed by atoms with van der Waals surface area (Å²) in [6, 6.07) is 0.679. The highest BCUT2D eigenvalue weighted by molar-refractivity contribution is 5.41. The predicted octanol–water partition coefficient (Wildman–Crippen LogP) is 3.41. The minimum Gasteiger partial charge on any atom is -0.384 e. The maximum absolute atomic E-state index is 6.29. The normalized spacial score (nSPS) is 19.8. The van der Waals surface area contributed by atoms with Gasteiger partial charge in [0.25, 0.3) is 0 Å². The van der Waals surface area contributed by atoms with Crippen molar-refractivity contribution in [3.63, 3.8) is 0 Å². The van der Waals surface area contributed by atoms with Crippen molar-refractivity contribution in [1.29, 1.82) is 0 Å². The zero-order chi connectivity index (χ0) is 11.8. The van der Waals surface area contributed by atoms with E-state index in [0.717, 1.165) is 18.2 Å². The molecule has 2 fully saturated rings. The Morgan fingerprint density at radius 3 is 2.59 bits per heavy atom. The first-order chi connectivity index (χ1) is 8.31. The van der Waals surface area contributed by atoms with Crippen LogP contribution >= 0.6 is 0 Å². The van der Waals surface area contributed by atoms with Gasteiger partial charge in [-0.15, -0.1) is 0 Å². The monoisotopic (exact) mass is 233 g/mol. The molecule has 2 N–H and O–H groups in total. The number of aryl methyl sites for hydroxylation is 1. The Morgan fingerprint density at radius 2 is 2.00 bits per heavy atom. The van der Waals surface area contributed by atoms with Crippen LogP contribution in [-0.2, 0) is 6.42 Å². The molecule has 1 aromatic rings.